The second kappa shape index (κ2) is 4.55. The molecule has 0 bridgehead atoms. The van der Waals surface area contributed by atoms with Crippen molar-refractivity contribution in [2.24, 2.45) is 0 Å². The molecule has 0 aliphatic heterocycles. The van der Waals surface area contributed by atoms with E-state index in [1.54, 1.807) is 6.07 Å². The molecular formula is C11H13F3O. The summed E-state index contributed by atoms with van der Waals surface area (Å²) in [5.74, 6) is -0.0793. The van der Waals surface area contributed by atoms with Crippen LogP contribution in [0, 0.1) is 6.92 Å². The van der Waals surface area contributed by atoms with Crippen molar-refractivity contribution in [3.05, 3.63) is 29.3 Å². The summed E-state index contributed by atoms with van der Waals surface area (Å²) in [6.45, 7) is 3.58. The molecule has 0 spiro atoms. The topological polar surface area (TPSA) is 9.23 Å². The third kappa shape index (κ3) is 2.88. The van der Waals surface area contributed by atoms with Gasteiger partial charge in [0.2, 0.25) is 0 Å². The number of alkyl halides is 3. The lowest BCUT2D eigenvalue weighted by molar-refractivity contribution is -0.139. The fourth-order valence-corrected chi connectivity index (χ4v) is 1.34. The standard InChI is InChI=1S/C11H13F3O/c1-3-7-15-9-6-4-5-8(2)10(9)11(12,13)14/h4-6H,3,7H2,1-2H3. The summed E-state index contributed by atoms with van der Waals surface area (Å²) >= 11 is 0. The Labute approximate surface area is 86.9 Å². The van der Waals surface area contributed by atoms with Gasteiger partial charge in [0.05, 0.1) is 6.61 Å². The first-order valence-electron chi connectivity index (χ1n) is 4.76. The number of aryl methyl sites for hydroxylation is 1. The van der Waals surface area contributed by atoms with Crippen LogP contribution < -0.4 is 4.74 Å². The Hall–Kier alpha value is -1.19. The Bertz CT molecular complexity index is 331. The van der Waals surface area contributed by atoms with Crippen LogP contribution in [0.15, 0.2) is 18.2 Å². The second-order valence-electron chi connectivity index (χ2n) is 3.29. The SMILES string of the molecule is CCCOc1cccc(C)c1C(F)(F)F. The third-order valence-corrected chi connectivity index (χ3v) is 1.98. The predicted octanol–water partition coefficient (Wildman–Crippen LogP) is 3.80. The zero-order chi connectivity index (χ0) is 11.5. The molecule has 0 heterocycles. The van der Waals surface area contributed by atoms with Crippen molar-refractivity contribution in [1.82, 2.24) is 0 Å². The van der Waals surface area contributed by atoms with Crippen LogP contribution >= 0.6 is 0 Å². The number of hydrogen-bond donors (Lipinski definition) is 0. The van der Waals surface area contributed by atoms with E-state index in [9.17, 15) is 13.2 Å². The smallest absolute Gasteiger partial charge is 0.420 e. The lowest BCUT2D eigenvalue weighted by Crippen LogP contribution is -2.11. The third-order valence-electron chi connectivity index (χ3n) is 1.98. The van der Waals surface area contributed by atoms with E-state index in [1.165, 1.54) is 19.1 Å². The highest BCUT2D eigenvalue weighted by molar-refractivity contribution is 5.41. The Morgan fingerprint density at radius 1 is 1.27 bits per heavy atom. The van der Waals surface area contributed by atoms with Crippen molar-refractivity contribution in [1.29, 1.82) is 0 Å². The molecule has 0 fully saturated rings. The highest BCUT2D eigenvalue weighted by Crippen LogP contribution is 2.38. The van der Waals surface area contributed by atoms with Crippen LogP contribution in [0.25, 0.3) is 0 Å². The van der Waals surface area contributed by atoms with Gasteiger partial charge < -0.3 is 4.74 Å². The summed E-state index contributed by atoms with van der Waals surface area (Å²) < 4.78 is 43.0. The molecule has 84 valence electrons. The molecule has 0 N–H and O–H groups in total. The van der Waals surface area contributed by atoms with Crippen LogP contribution in [0.3, 0.4) is 0 Å². The number of rotatable bonds is 3. The maximum Gasteiger partial charge on any atom is 0.420 e. The fourth-order valence-electron chi connectivity index (χ4n) is 1.34. The second-order valence-corrected chi connectivity index (χ2v) is 3.29. The summed E-state index contributed by atoms with van der Waals surface area (Å²) in [5.41, 5.74) is -0.477. The van der Waals surface area contributed by atoms with Gasteiger partial charge in [-0.05, 0) is 25.0 Å². The lowest BCUT2D eigenvalue weighted by Gasteiger charge is -2.15. The van der Waals surface area contributed by atoms with Crippen molar-refractivity contribution in [2.45, 2.75) is 26.4 Å². The van der Waals surface area contributed by atoms with E-state index >= 15 is 0 Å². The molecule has 0 saturated carbocycles. The average molecular weight is 218 g/mol. The van der Waals surface area contributed by atoms with E-state index in [0.29, 0.717) is 13.0 Å². The Morgan fingerprint density at radius 2 is 1.93 bits per heavy atom. The first-order chi connectivity index (χ1) is 6.96. The molecule has 1 rings (SSSR count). The molecule has 0 amide bonds. The summed E-state index contributed by atoms with van der Waals surface area (Å²) in [6, 6.07) is 4.35. The van der Waals surface area contributed by atoms with Gasteiger partial charge in [-0.25, -0.2) is 0 Å². The van der Waals surface area contributed by atoms with Gasteiger partial charge in [-0.15, -0.1) is 0 Å². The monoisotopic (exact) mass is 218 g/mol. The number of halogens is 3. The molecule has 0 radical (unpaired) electrons. The summed E-state index contributed by atoms with van der Waals surface area (Å²) in [7, 11) is 0. The van der Waals surface area contributed by atoms with E-state index in [1.807, 2.05) is 6.92 Å². The van der Waals surface area contributed by atoms with Crippen molar-refractivity contribution >= 4 is 0 Å². The molecule has 4 heteroatoms. The van der Waals surface area contributed by atoms with Crippen LogP contribution in [-0.4, -0.2) is 6.61 Å². The minimum absolute atomic E-state index is 0.0793. The quantitative estimate of drug-likeness (QED) is 0.749. The number of hydrogen-bond acceptors (Lipinski definition) is 1. The highest BCUT2D eigenvalue weighted by Gasteiger charge is 2.35. The van der Waals surface area contributed by atoms with Gasteiger partial charge in [0.25, 0.3) is 0 Å². The molecular weight excluding hydrogens is 205 g/mol. The summed E-state index contributed by atoms with van der Waals surface area (Å²) in [4.78, 5) is 0. The number of benzene rings is 1. The van der Waals surface area contributed by atoms with Gasteiger partial charge in [-0.3, -0.25) is 0 Å². The Morgan fingerprint density at radius 3 is 2.47 bits per heavy atom. The number of ether oxygens (including phenoxy) is 1. The van der Waals surface area contributed by atoms with Crippen molar-refractivity contribution in [3.8, 4) is 5.75 Å². The van der Waals surface area contributed by atoms with E-state index in [-0.39, 0.29) is 11.3 Å². The zero-order valence-electron chi connectivity index (χ0n) is 8.69. The van der Waals surface area contributed by atoms with Crippen molar-refractivity contribution < 1.29 is 17.9 Å². The van der Waals surface area contributed by atoms with Crippen molar-refractivity contribution in [2.75, 3.05) is 6.61 Å². The summed E-state index contributed by atoms with van der Waals surface area (Å²) in [5, 5.41) is 0. The van der Waals surface area contributed by atoms with E-state index in [0.717, 1.165) is 0 Å². The first kappa shape index (κ1) is 11.9. The normalized spacial score (nSPS) is 11.5. The van der Waals surface area contributed by atoms with Gasteiger partial charge in [-0.1, -0.05) is 19.1 Å². The van der Waals surface area contributed by atoms with Crippen LogP contribution in [0.5, 0.6) is 5.75 Å². The predicted molar refractivity (Wildman–Crippen MR) is 52.0 cm³/mol. The molecule has 1 aromatic rings. The van der Waals surface area contributed by atoms with Gasteiger partial charge in [0.15, 0.2) is 0 Å². The van der Waals surface area contributed by atoms with Gasteiger partial charge in [-0.2, -0.15) is 13.2 Å². The fraction of sp³-hybridized carbons (Fsp3) is 0.455. The maximum atomic E-state index is 12.7. The minimum Gasteiger partial charge on any atom is -0.493 e. The van der Waals surface area contributed by atoms with Crippen LogP contribution in [0.1, 0.15) is 24.5 Å². The molecule has 0 aliphatic rings. The highest BCUT2D eigenvalue weighted by atomic mass is 19.4. The Kier molecular flexibility index (Phi) is 3.61. The van der Waals surface area contributed by atoms with E-state index in [2.05, 4.69) is 0 Å². The lowest BCUT2D eigenvalue weighted by atomic mass is 10.1. The molecule has 0 saturated heterocycles. The average Bonchev–Trinajstić information content (AvgIpc) is 2.12. The molecule has 0 unspecified atom stereocenters. The van der Waals surface area contributed by atoms with Crippen LogP contribution in [-0.2, 0) is 6.18 Å². The van der Waals surface area contributed by atoms with Crippen molar-refractivity contribution in [3.63, 3.8) is 0 Å². The Balaban J connectivity index is 3.09. The summed E-state index contributed by atoms with van der Waals surface area (Å²) in [6.07, 6.45) is -3.67. The van der Waals surface area contributed by atoms with Gasteiger partial charge in [0.1, 0.15) is 11.3 Å². The largest absolute Gasteiger partial charge is 0.493 e. The first-order valence-corrected chi connectivity index (χ1v) is 4.76. The molecule has 1 nitrogen and oxygen atoms in total. The molecule has 1 aromatic carbocycles. The van der Waals surface area contributed by atoms with E-state index < -0.39 is 11.7 Å². The molecule has 0 aliphatic carbocycles. The molecule has 0 atom stereocenters. The minimum atomic E-state index is -4.35. The maximum absolute atomic E-state index is 12.7. The van der Waals surface area contributed by atoms with Crippen LogP contribution in [0.4, 0.5) is 13.2 Å². The zero-order valence-corrected chi connectivity index (χ0v) is 8.69. The van der Waals surface area contributed by atoms with Crippen LogP contribution in [0.2, 0.25) is 0 Å². The molecule has 15 heavy (non-hydrogen) atoms. The van der Waals surface area contributed by atoms with Gasteiger partial charge in [0, 0.05) is 0 Å². The molecule has 0 aromatic heterocycles. The van der Waals surface area contributed by atoms with E-state index in [4.69, 9.17) is 4.74 Å². The van der Waals surface area contributed by atoms with Gasteiger partial charge >= 0.3 is 6.18 Å².